The molecule has 1 aliphatic carbocycles. The van der Waals surface area contributed by atoms with Crippen molar-refractivity contribution >= 4 is 32.1 Å². The summed E-state index contributed by atoms with van der Waals surface area (Å²) in [6.45, 7) is 0. The van der Waals surface area contributed by atoms with E-state index < -0.39 is 15.7 Å². The molecule has 0 saturated carbocycles. The highest BCUT2D eigenvalue weighted by atomic mass is 32.2. The number of sulfone groups is 1. The van der Waals surface area contributed by atoms with E-state index in [9.17, 15) is 22.9 Å². The van der Waals surface area contributed by atoms with E-state index in [1.165, 1.54) is 28.3 Å². The number of carbonyl (C=O) groups excluding carboxylic acids is 1. The van der Waals surface area contributed by atoms with Gasteiger partial charge in [0, 0.05) is 11.3 Å². The second kappa shape index (κ2) is 8.84. The maximum absolute atomic E-state index is 12.9. The van der Waals surface area contributed by atoms with Crippen molar-refractivity contribution in [2.45, 2.75) is 49.8 Å². The van der Waals surface area contributed by atoms with Crippen LogP contribution in [-0.4, -0.2) is 20.1 Å². The molecule has 0 radical (unpaired) electrons. The van der Waals surface area contributed by atoms with Gasteiger partial charge in [-0.3, -0.25) is 4.79 Å². The predicted octanol–water partition coefficient (Wildman–Crippen LogP) is 4.22. The first-order valence-electron chi connectivity index (χ1n) is 9.23. The maximum Gasteiger partial charge on any atom is 0.225 e. The second-order valence-electron chi connectivity index (χ2n) is 6.80. The molecule has 1 aromatic heterocycles. The smallest absolute Gasteiger partial charge is 0.225 e. The van der Waals surface area contributed by atoms with Gasteiger partial charge in [0.2, 0.25) is 5.91 Å². The number of carbonyl (C=O) groups is 1. The molecule has 1 amide bonds. The zero-order valence-corrected chi connectivity index (χ0v) is 17.0. The average Bonchev–Trinajstić information content (AvgIpc) is 2.81. The third-order valence-electron chi connectivity index (χ3n) is 4.78. The van der Waals surface area contributed by atoms with Crippen LogP contribution in [0.4, 0.5) is 9.39 Å². The molecule has 0 spiro atoms. The first-order valence-corrected chi connectivity index (χ1v) is 11.7. The van der Waals surface area contributed by atoms with E-state index in [-0.39, 0.29) is 29.4 Å². The van der Waals surface area contributed by atoms with Gasteiger partial charge in [-0.15, -0.1) is 11.3 Å². The lowest BCUT2D eigenvalue weighted by Crippen LogP contribution is -2.14. The Morgan fingerprint density at radius 1 is 1.18 bits per heavy atom. The Morgan fingerprint density at radius 2 is 1.89 bits per heavy atom. The minimum Gasteiger partial charge on any atom is -0.317 e. The second-order valence-corrected chi connectivity index (χ2v) is 10.0. The van der Waals surface area contributed by atoms with E-state index in [1.54, 1.807) is 0 Å². The van der Waals surface area contributed by atoms with Crippen LogP contribution < -0.4 is 5.32 Å². The van der Waals surface area contributed by atoms with Gasteiger partial charge in [-0.1, -0.05) is 6.42 Å². The molecular weight excluding hydrogens is 399 g/mol. The van der Waals surface area contributed by atoms with Gasteiger partial charge in [-0.2, -0.15) is 5.26 Å². The minimum absolute atomic E-state index is 0.0356. The molecule has 28 heavy (non-hydrogen) atoms. The number of anilines is 1. The molecular formula is C20H21FN2O3S2. The van der Waals surface area contributed by atoms with Crippen LogP contribution in [0.2, 0.25) is 0 Å². The lowest BCUT2D eigenvalue weighted by Gasteiger charge is -2.06. The lowest BCUT2D eigenvalue weighted by atomic mass is 10.1. The van der Waals surface area contributed by atoms with E-state index >= 15 is 0 Å². The number of benzene rings is 1. The zero-order chi connectivity index (χ0) is 20.1. The summed E-state index contributed by atoms with van der Waals surface area (Å²) in [4.78, 5) is 13.5. The zero-order valence-electron chi connectivity index (χ0n) is 15.3. The van der Waals surface area contributed by atoms with Crippen LogP contribution in [0.25, 0.3) is 0 Å². The molecule has 5 nitrogen and oxygen atoms in total. The topological polar surface area (TPSA) is 87.0 Å². The Morgan fingerprint density at radius 3 is 2.61 bits per heavy atom. The number of nitrogens with one attached hydrogen (secondary N) is 1. The van der Waals surface area contributed by atoms with Gasteiger partial charge in [-0.05, 0) is 61.9 Å². The predicted molar refractivity (Wildman–Crippen MR) is 107 cm³/mol. The third kappa shape index (κ3) is 4.78. The van der Waals surface area contributed by atoms with Crippen molar-refractivity contribution in [1.29, 1.82) is 5.26 Å². The molecule has 3 rings (SSSR count). The Kier molecular flexibility index (Phi) is 6.47. The molecule has 0 unspecified atom stereocenters. The molecule has 1 N–H and O–H groups in total. The number of amides is 1. The Labute approximate surface area is 168 Å². The number of halogens is 1. The van der Waals surface area contributed by atoms with Crippen LogP contribution in [0.3, 0.4) is 0 Å². The molecule has 0 atom stereocenters. The molecule has 1 aromatic carbocycles. The summed E-state index contributed by atoms with van der Waals surface area (Å²) in [6.07, 6.45) is 5.27. The number of fused-ring (bicyclic) bond motifs is 1. The fourth-order valence-corrected chi connectivity index (χ4v) is 5.89. The molecule has 148 valence electrons. The van der Waals surface area contributed by atoms with E-state index in [1.807, 2.05) is 0 Å². The summed E-state index contributed by atoms with van der Waals surface area (Å²) in [6, 6.07) is 6.86. The van der Waals surface area contributed by atoms with Crippen LogP contribution in [0.1, 0.15) is 48.1 Å². The molecule has 0 bridgehead atoms. The van der Waals surface area contributed by atoms with Gasteiger partial charge in [0.15, 0.2) is 9.84 Å². The average molecular weight is 421 g/mol. The summed E-state index contributed by atoms with van der Waals surface area (Å²) in [5.41, 5.74) is 1.60. The molecule has 0 saturated heterocycles. The normalized spacial score (nSPS) is 14.0. The summed E-state index contributed by atoms with van der Waals surface area (Å²) >= 11 is 1.46. The minimum atomic E-state index is -3.56. The van der Waals surface area contributed by atoms with Crippen molar-refractivity contribution in [3.05, 3.63) is 46.1 Å². The van der Waals surface area contributed by atoms with Crippen LogP contribution in [0, 0.1) is 17.1 Å². The van der Waals surface area contributed by atoms with E-state index in [4.69, 9.17) is 0 Å². The monoisotopic (exact) mass is 420 g/mol. The van der Waals surface area contributed by atoms with Crippen LogP contribution in [0.5, 0.6) is 0 Å². The van der Waals surface area contributed by atoms with Crippen molar-refractivity contribution < 1.29 is 17.6 Å². The molecule has 2 aromatic rings. The van der Waals surface area contributed by atoms with E-state index in [2.05, 4.69) is 11.4 Å². The van der Waals surface area contributed by atoms with Gasteiger partial charge < -0.3 is 5.32 Å². The number of hydrogen-bond acceptors (Lipinski definition) is 5. The standard InChI is InChI=1S/C20H21FN2O3S2/c21-14-8-10-15(11-9-14)28(25,26)12-4-7-19(24)23-20-17(13-22)16-5-2-1-3-6-18(16)27-20/h8-11H,1-7,12H2,(H,23,24). The lowest BCUT2D eigenvalue weighted by molar-refractivity contribution is -0.116. The van der Waals surface area contributed by atoms with Crippen molar-refractivity contribution in [3.8, 4) is 6.07 Å². The van der Waals surface area contributed by atoms with Crippen molar-refractivity contribution in [3.63, 3.8) is 0 Å². The molecule has 0 aliphatic heterocycles. The number of thiophene rings is 1. The van der Waals surface area contributed by atoms with Crippen molar-refractivity contribution in [2.24, 2.45) is 0 Å². The van der Waals surface area contributed by atoms with Crippen LogP contribution in [0.15, 0.2) is 29.2 Å². The third-order valence-corrected chi connectivity index (χ3v) is 7.80. The van der Waals surface area contributed by atoms with Gasteiger partial charge in [-0.25, -0.2) is 12.8 Å². The Bertz CT molecular complexity index is 1010. The highest BCUT2D eigenvalue weighted by molar-refractivity contribution is 7.91. The largest absolute Gasteiger partial charge is 0.317 e. The highest BCUT2D eigenvalue weighted by Gasteiger charge is 2.21. The number of nitrogens with zero attached hydrogens (tertiary/aromatic N) is 1. The van der Waals surface area contributed by atoms with Gasteiger partial charge in [0.1, 0.15) is 16.9 Å². The first-order chi connectivity index (χ1) is 13.4. The van der Waals surface area contributed by atoms with Gasteiger partial charge in [0.05, 0.1) is 16.2 Å². The van der Waals surface area contributed by atoms with Gasteiger partial charge in [0.25, 0.3) is 0 Å². The van der Waals surface area contributed by atoms with Crippen molar-refractivity contribution in [2.75, 3.05) is 11.1 Å². The number of aryl methyl sites for hydroxylation is 1. The van der Waals surface area contributed by atoms with Crippen molar-refractivity contribution in [1.82, 2.24) is 0 Å². The molecule has 1 heterocycles. The van der Waals surface area contributed by atoms with E-state index in [0.717, 1.165) is 49.8 Å². The SMILES string of the molecule is N#Cc1c(NC(=O)CCCS(=O)(=O)c2ccc(F)cc2)sc2c1CCCCC2. The van der Waals surface area contributed by atoms with Gasteiger partial charge >= 0.3 is 0 Å². The maximum atomic E-state index is 12.9. The molecule has 8 heteroatoms. The summed E-state index contributed by atoms with van der Waals surface area (Å²) in [5.74, 6) is -0.999. The van der Waals surface area contributed by atoms with Crippen LogP contribution >= 0.6 is 11.3 Å². The number of nitriles is 1. The Balaban J connectivity index is 1.59. The summed E-state index contributed by atoms with van der Waals surface area (Å²) in [7, 11) is -3.56. The summed E-state index contributed by atoms with van der Waals surface area (Å²) in [5, 5.41) is 12.9. The first kappa shape index (κ1) is 20.5. The fraction of sp³-hybridized carbons (Fsp3) is 0.400. The quantitative estimate of drug-likeness (QED) is 0.560. The number of rotatable bonds is 6. The molecule has 0 fully saturated rings. The van der Waals surface area contributed by atoms with E-state index in [0.29, 0.717) is 10.6 Å². The Hall–Kier alpha value is -2.24. The van der Waals surface area contributed by atoms with Crippen LogP contribution in [-0.2, 0) is 27.5 Å². The molecule has 1 aliphatic rings. The summed E-state index contributed by atoms with van der Waals surface area (Å²) < 4.78 is 37.4. The fourth-order valence-electron chi connectivity index (χ4n) is 3.32. The number of hydrogen-bond donors (Lipinski definition) is 1. The highest BCUT2D eigenvalue weighted by Crippen LogP contribution is 2.37.